The molecule has 1 saturated heterocycles. The largest absolute Gasteiger partial charge is 0.356 e. The summed E-state index contributed by atoms with van der Waals surface area (Å²) >= 11 is 0. The Morgan fingerprint density at radius 3 is 2.40 bits per heavy atom. The number of nitrogens with one attached hydrogen (secondary N) is 2. The molecule has 0 aliphatic carbocycles. The van der Waals surface area contributed by atoms with Gasteiger partial charge in [-0.05, 0) is 51.1 Å². The lowest BCUT2D eigenvalue weighted by Crippen LogP contribution is -2.48. The van der Waals surface area contributed by atoms with Crippen LogP contribution in [0.4, 0.5) is 0 Å². The fourth-order valence-corrected chi connectivity index (χ4v) is 2.54. The van der Waals surface area contributed by atoms with Crippen LogP contribution in [0, 0.1) is 11.8 Å². The van der Waals surface area contributed by atoms with E-state index in [4.69, 9.17) is 0 Å². The molecule has 1 aliphatic heterocycles. The highest BCUT2D eigenvalue weighted by Gasteiger charge is 2.20. The van der Waals surface area contributed by atoms with E-state index in [0.717, 1.165) is 30.9 Å². The third kappa shape index (κ3) is 6.60. The Morgan fingerprint density at radius 1 is 1.20 bits per heavy atom. The molecule has 1 heterocycles. The third-order valence-corrected chi connectivity index (χ3v) is 4.24. The first-order valence-electron chi connectivity index (χ1n) is 8.21. The van der Waals surface area contributed by atoms with Crippen LogP contribution in [0.15, 0.2) is 4.99 Å². The maximum atomic E-state index is 4.29. The lowest BCUT2D eigenvalue weighted by Gasteiger charge is -2.35. The van der Waals surface area contributed by atoms with Crippen molar-refractivity contribution in [1.82, 2.24) is 15.5 Å². The molecule has 0 aromatic heterocycles. The van der Waals surface area contributed by atoms with Gasteiger partial charge in [0.25, 0.3) is 0 Å². The van der Waals surface area contributed by atoms with E-state index in [9.17, 15) is 0 Å². The van der Waals surface area contributed by atoms with Gasteiger partial charge in [0, 0.05) is 26.2 Å². The molecule has 4 heteroatoms. The summed E-state index contributed by atoms with van der Waals surface area (Å²) in [5.74, 6) is 2.56. The zero-order valence-electron chi connectivity index (χ0n) is 14.1. The van der Waals surface area contributed by atoms with Crippen LogP contribution < -0.4 is 10.6 Å². The molecule has 1 atom stereocenters. The van der Waals surface area contributed by atoms with Gasteiger partial charge in [0.15, 0.2) is 5.96 Å². The number of nitrogens with zero attached hydrogens (tertiary/aromatic N) is 2. The molecular formula is C16H34N4. The molecular weight excluding hydrogens is 248 g/mol. The summed E-state index contributed by atoms with van der Waals surface area (Å²) in [7, 11) is 1.85. The standard InChI is InChI=1S/C16H34N4/c1-13(2)6-9-18-16(17-5)19-12-15(4)20-10-7-14(3)8-11-20/h13-15H,6-12H2,1-5H3,(H2,17,18,19). The number of guanidine groups is 1. The summed E-state index contributed by atoms with van der Waals surface area (Å²) in [4.78, 5) is 6.88. The van der Waals surface area contributed by atoms with E-state index in [-0.39, 0.29) is 0 Å². The van der Waals surface area contributed by atoms with Crippen molar-refractivity contribution in [2.24, 2.45) is 16.8 Å². The van der Waals surface area contributed by atoms with Gasteiger partial charge in [0.2, 0.25) is 0 Å². The van der Waals surface area contributed by atoms with E-state index in [1.165, 1.54) is 32.4 Å². The highest BCUT2D eigenvalue weighted by Crippen LogP contribution is 2.17. The van der Waals surface area contributed by atoms with Crippen LogP contribution in [0.5, 0.6) is 0 Å². The molecule has 1 fully saturated rings. The van der Waals surface area contributed by atoms with Gasteiger partial charge in [0.05, 0.1) is 0 Å². The maximum Gasteiger partial charge on any atom is 0.191 e. The SMILES string of the molecule is CN=C(NCCC(C)C)NCC(C)N1CCC(C)CC1. The number of hydrogen-bond acceptors (Lipinski definition) is 2. The number of aliphatic imine (C=N–C) groups is 1. The normalized spacial score (nSPS) is 20.2. The number of hydrogen-bond donors (Lipinski definition) is 2. The van der Waals surface area contributed by atoms with Gasteiger partial charge in [0.1, 0.15) is 0 Å². The summed E-state index contributed by atoms with van der Waals surface area (Å²) in [6.45, 7) is 13.6. The fourth-order valence-electron chi connectivity index (χ4n) is 2.54. The van der Waals surface area contributed by atoms with Gasteiger partial charge >= 0.3 is 0 Å². The average Bonchev–Trinajstić information content (AvgIpc) is 2.42. The van der Waals surface area contributed by atoms with E-state index in [1.807, 2.05) is 7.05 Å². The second-order valence-corrected chi connectivity index (χ2v) is 6.63. The van der Waals surface area contributed by atoms with Crippen LogP contribution in [0.2, 0.25) is 0 Å². The second-order valence-electron chi connectivity index (χ2n) is 6.63. The quantitative estimate of drug-likeness (QED) is 0.580. The minimum atomic E-state index is 0.575. The van der Waals surface area contributed by atoms with Crippen molar-refractivity contribution in [2.45, 2.75) is 53.0 Å². The minimum Gasteiger partial charge on any atom is -0.356 e. The van der Waals surface area contributed by atoms with Crippen molar-refractivity contribution in [3.63, 3.8) is 0 Å². The number of likely N-dealkylation sites (tertiary alicyclic amines) is 1. The van der Waals surface area contributed by atoms with Gasteiger partial charge in [-0.2, -0.15) is 0 Å². The van der Waals surface area contributed by atoms with Crippen LogP contribution in [0.1, 0.15) is 47.0 Å². The summed E-state index contributed by atoms with van der Waals surface area (Å²) in [5, 5.41) is 6.84. The molecule has 0 radical (unpaired) electrons. The Balaban J connectivity index is 2.22. The van der Waals surface area contributed by atoms with Gasteiger partial charge in [-0.1, -0.05) is 20.8 Å². The van der Waals surface area contributed by atoms with Crippen molar-refractivity contribution >= 4 is 5.96 Å². The van der Waals surface area contributed by atoms with Crippen molar-refractivity contribution in [3.8, 4) is 0 Å². The monoisotopic (exact) mass is 282 g/mol. The van der Waals surface area contributed by atoms with E-state index in [2.05, 4.69) is 48.2 Å². The van der Waals surface area contributed by atoms with E-state index < -0.39 is 0 Å². The van der Waals surface area contributed by atoms with Crippen molar-refractivity contribution in [3.05, 3.63) is 0 Å². The molecule has 1 rings (SSSR count). The highest BCUT2D eigenvalue weighted by molar-refractivity contribution is 5.79. The van der Waals surface area contributed by atoms with Crippen LogP contribution in [-0.2, 0) is 0 Å². The van der Waals surface area contributed by atoms with E-state index in [0.29, 0.717) is 6.04 Å². The summed E-state index contributed by atoms with van der Waals surface area (Å²) in [5.41, 5.74) is 0. The van der Waals surface area contributed by atoms with Gasteiger partial charge < -0.3 is 10.6 Å². The molecule has 2 N–H and O–H groups in total. The lowest BCUT2D eigenvalue weighted by molar-refractivity contribution is 0.147. The Kier molecular flexibility index (Phi) is 7.97. The molecule has 1 unspecified atom stereocenters. The number of rotatable bonds is 6. The Hall–Kier alpha value is -0.770. The second kappa shape index (κ2) is 9.22. The molecule has 0 aromatic carbocycles. The third-order valence-electron chi connectivity index (χ3n) is 4.24. The Labute approximate surface area is 125 Å². The predicted molar refractivity (Wildman–Crippen MR) is 88.3 cm³/mol. The fraction of sp³-hybridized carbons (Fsp3) is 0.938. The van der Waals surface area contributed by atoms with Crippen molar-refractivity contribution in [2.75, 3.05) is 33.2 Å². The van der Waals surface area contributed by atoms with Crippen LogP contribution >= 0.6 is 0 Å². The lowest BCUT2D eigenvalue weighted by atomic mass is 9.98. The number of piperidine rings is 1. The molecule has 1 aliphatic rings. The zero-order valence-corrected chi connectivity index (χ0v) is 14.1. The first kappa shape index (κ1) is 17.3. The van der Waals surface area contributed by atoms with Crippen molar-refractivity contribution in [1.29, 1.82) is 0 Å². The molecule has 0 bridgehead atoms. The molecule has 20 heavy (non-hydrogen) atoms. The van der Waals surface area contributed by atoms with Gasteiger partial charge in [-0.3, -0.25) is 9.89 Å². The first-order valence-corrected chi connectivity index (χ1v) is 8.21. The van der Waals surface area contributed by atoms with Crippen LogP contribution in [-0.4, -0.2) is 50.1 Å². The predicted octanol–water partition coefficient (Wildman–Crippen LogP) is 2.32. The van der Waals surface area contributed by atoms with Crippen molar-refractivity contribution < 1.29 is 0 Å². The summed E-state index contributed by atoms with van der Waals surface area (Å²) in [6, 6.07) is 0.575. The first-order chi connectivity index (χ1) is 9.52. The molecule has 118 valence electrons. The Morgan fingerprint density at radius 2 is 1.85 bits per heavy atom. The molecule has 0 aromatic rings. The maximum absolute atomic E-state index is 4.29. The average molecular weight is 282 g/mol. The van der Waals surface area contributed by atoms with Crippen LogP contribution in [0.25, 0.3) is 0 Å². The molecule has 0 saturated carbocycles. The molecule has 0 amide bonds. The molecule has 0 spiro atoms. The topological polar surface area (TPSA) is 39.7 Å². The summed E-state index contributed by atoms with van der Waals surface area (Å²) < 4.78 is 0. The van der Waals surface area contributed by atoms with Gasteiger partial charge in [-0.15, -0.1) is 0 Å². The summed E-state index contributed by atoms with van der Waals surface area (Å²) in [6.07, 6.45) is 3.86. The van der Waals surface area contributed by atoms with E-state index >= 15 is 0 Å². The Bertz CT molecular complexity index is 280. The highest BCUT2D eigenvalue weighted by atomic mass is 15.2. The van der Waals surface area contributed by atoms with Crippen LogP contribution in [0.3, 0.4) is 0 Å². The smallest absolute Gasteiger partial charge is 0.191 e. The zero-order chi connectivity index (χ0) is 15.0. The van der Waals surface area contributed by atoms with Gasteiger partial charge in [-0.25, -0.2) is 0 Å². The van der Waals surface area contributed by atoms with E-state index in [1.54, 1.807) is 0 Å². The molecule has 4 nitrogen and oxygen atoms in total. The minimum absolute atomic E-state index is 0.575.